The van der Waals surface area contributed by atoms with E-state index in [9.17, 15) is 0 Å². The molecular weight excluding hydrogens is 172 g/mol. The summed E-state index contributed by atoms with van der Waals surface area (Å²) in [6.45, 7) is 3.21. The van der Waals surface area contributed by atoms with Crippen molar-refractivity contribution in [3.8, 4) is 0 Å². The van der Waals surface area contributed by atoms with Gasteiger partial charge in [0.05, 0.1) is 0 Å². The molecule has 2 saturated carbocycles. The van der Waals surface area contributed by atoms with Crippen LogP contribution in [0.15, 0.2) is 0 Å². The standard InChI is InChI=1S/C12H24N2/c1-10-3-2-7-12(9-13,8-6-10)14-11-4-5-11/h10-11,14H,2-9,13H2,1H3. The van der Waals surface area contributed by atoms with E-state index in [-0.39, 0.29) is 0 Å². The molecule has 2 aliphatic carbocycles. The lowest BCUT2D eigenvalue weighted by Crippen LogP contribution is -2.51. The van der Waals surface area contributed by atoms with Crippen LogP contribution in [-0.2, 0) is 0 Å². The topological polar surface area (TPSA) is 38.0 Å². The predicted octanol–water partition coefficient (Wildman–Crippen LogP) is 2.04. The third kappa shape index (κ3) is 2.48. The van der Waals surface area contributed by atoms with E-state index in [1.165, 1.54) is 44.9 Å². The second kappa shape index (κ2) is 4.19. The van der Waals surface area contributed by atoms with Crippen LogP contribution in [-0.4, -0.2) is 18.1 Å². The lowest BCUT2D eigenvalue weighted by Gasteiger charge is -2.33. The Kier molecular flexibility index (Phi) is 3.13. The van der Waals surface area contributed by atoms with Crippen LogP contribution in [0.2, 0.25) is 0 Å². The monoisotopic (exact) mass is 196 g/mol. The summed E-state index contributed by atoms with van der Waals surface area (Å²) >= 11 is 0. The highest BCUT2D eigenvalue weighted by Crippen LogP contribution is 2.33. The third-order valence-corrected chi connectivity index (χ3v) is 3.95. The van der Waals surface area contributed by atoms with Gasteiger partial charge in [0.15, 0.2) is 0 Å². The Morgan fingerprint density at radius 2 is 2.00 bits per heavy atom. The predicted molar refractivity (Wildman–Crippen MR) is 60.2 cm³/mol. The highest BCUT2D eigenvalue weighted by atomic mass is 15.1. The van der Waals surface area contributed by atoms with Crippen molar-refractivity contribution in [2.75, 3.05) is 6.54 Å². The van der Waals surface area contributed by atoms with E-state index < -0.39 is 0 Å². The first-order valence-corrected chi connectivity index (χ1v) is 6.22. The number of nitrogens with two attached hydrogens (primary N) is 1. The summed E-state index contributed by atoms with van der Waals surface area (Å²) < 4.78 is 0. The van der Waals surface area contributed by atoms with Crippen LogP contribution in [0.3, 0.4) is 0 Å². The van der Waals surface area contributed by atoms with E-state index in [0.29, 0.717) is 5.54 Å². The van der Waals surface area contributed by atoms with Gasteiger partial charge in [-0.1, -0.05) is 19.8 Å². The Bertz CT molecular complexity index is 189. The molecule has 0 radical (unpaired) electrons. The molecule has 0 amide bonds. The summed E-state index contributed by atoms with van der Waals surface area (Å²) in [7, 11) is 0. The first-order chi connectivity index (χ1) is 6.74. The SMILES string of the molecule is CC1CCCC(CN)(NC2CC2)CC1. The molecule has 2 aliphatic rings. The fraction of sp³-hybridized carbons (Fsp3) is 1.00. The number of hydrogen-bond donors (Lipinski definition) is 2. The molecule has 2 nitrogen and oxygen atoms in total. The minimum atomic E-state index is 0.298. The Labute approximate surface area is 87.6 Å². The van der Waals surface area contributed by atoms with Crippen molar-refractivity contribution in [1.29, 1.82) is 0 Å². The van der Waals surface area contributed by atoms with Gasteiger partial charge < -0.3 is 11.1 Å². The molecule has 2 heteroatoms. The fourth-order valence-electron chi connectivity index (χ4n) is 2.65. The quantitative estimate of drug-likeness (QED) is 0.678. The van der Waals surface area contributed by atoms with Gasteiger partial charge in [0.25, 0.3) is 0 Å². The Morgan fingerprint density at radius 3 is 2.64 bits per heavy atom. The molecule has 14 heavy (non-hydrogen) atoms. The summed E-state index contributed by atoms with van der Waals surface area (Å²) in [6, 6.07) is 0.798. The van der Waals surface area contributed by atoms with Crippen LogP contribution < -0.4 is 11.1 Å². The number of hydrogen-bond acceptors (Lipinski definition) is 2. The molecule has 3 N–H and O–H groups in total. The summed E-state index contributed by atoms with van der Waals surface area (Å²) in [6.07, 6.45) is 9.45. The van der Waals surface area contributed by atoms with Crippen molar-refractivity contribution in [1.82, 2.24) is 5.32 Å². The van der Waals surface area contributed by atoms with Gasteiger partial charge in [-0.25, -0.2) is 0 Å². The molecule has 0 aromatic rings. The van der Waals surface area contributed by atoms with E-state index in [1.807, 2.05) is 0 Å². The van der Waals surface area contributed by atoms with Gasteiger partial charge in [-0.15, -0.1) is 0 Å². The van der Waals surface area contributed by atoms with Gasteiger partial charge in [-0.3, -0.25) is 0 Å². The van der Waals surface area contributed by atoms with Gasteiger partial charge >= 0.3 is 0 Å². The van der Waals surface area contributed by atoms with Crippen molar-refractivity contribution in [2.24, 2.45) is 11.7 Å². The van der Waals surface area contributed by atoms with Crippen molar-refractivity contribution >= 4 is 0 Å². The highest BCUT2D eigenvalue weighted by Gasteiger charge is 2.36. The van der Waals surface area contributed by atoms with E-state index in [0.717, 1.165) is 18.5 Å². The summed E-state index contributed by atoms with van der Waals surface area (Å²) in [5.41, 5.74) is 6.26. The van der Waals surface area contributed by atoms with Crippen LogP contribution in [0.5, 0.6) is 0 Å². The molecule has 0 saturated heterocycles. The van der Waals surface area contributed by atoms with Gasteiger partial charge in [0, 0.05) is 18.1 Å². The van der Waals surface area contributed by atoms with Gasteiger partial charge in [-0.05, 0) is 38.0 Å². The molecule has 2 rings (SSSR count). The molecule has 82 valence electrons. The van der Waals surface area contributed by atoms with Crippen LogP contribution in [0.4, 0.5) is 0 Å². The minimum absolute atomic E-state index is 0.298. The average Bonchev–Trinajstić information content (AvgIpc) is 2.98. The lowest BCUT2D eigenvalue weighted by atomic mass is 9.89. The van der Waals surface area contributed by atoms with Crippen LogP contribution in [0, 0.1) is 5.92 Å². The van der Waals surface area contributed by atoms with Crippen molar-refractivity contribution in [3.05, 3.63) is 0 Å². The van der Waals surface area contributed by atoms with Gasteiger partial charge in [0.2, 0.25) is 0 Å². The highest BCUT2D eigenvalue weighted by molar-refractivity contribution is 4.97. The zero-order valence-corrected chi connectivity index (χ0v) is 9.39. The molecule has 0 aromatic carbocycles. The van der Waals surface area contributed by atoms with Crippen molar-refractivity contribution in [3.63, 3.8) is 0 Å². The smallest absolute Gasteiger partial charge is 0.0306 e. The van der Waals surface area contributed by atoms with Crippen LogP contribution in [0.25, 0.3) is 0 Å². The fourth-order valence-corrected chi connectivity index (χ4v) is 2.65. The summed E-state index contributed by atoms with van der Waals surface area (Å²) in [5.74, 6) is 0.907. The second-order valence-electron chi connectivity index (χ2n) is 5.44. The first-order valence-electron chi connectivity index (χ1n) is 6.22. The van der Waals surface area contributed by atoms with Crippen molar-refractivity contribution < 1.29 is 0 Å². The number of rotatable bonds is 3. The Morgan fingerprint density at radius 1 is 1.21 bits per heavy atom. The third-order valence-electron chi connectivity index (χ3n) is 3.95. The van der Waals surface area contributed by atoms with E-state index in [4.69, 9.17) is 5.73 Å². The van der Waals surface area contributed by atoms with Crippen molar-refractivity contribution in [2.45, 2.75) is 63.5 Å². The lowest BCUT2D eigenvalue weighted by molar-refractivity contribution is 0.286. The summed E-state index contributed by atoms with van der Waals surface area (Å²) in [4.78, 5) is 0. The maximum Gasteiger partial charge on any atom is 0.0306 e. The van der Waals surface area contributed by atoms with Gasteiger partial charge in [-0.2, -0.15) is 0 Å². The molecule has 2 fully saturated rings. The molecule has 0 aromatic heterocycles. The maximum atomic E-state index is 5.97. The molecule has 0 heterocycles. The Balaban J connectivity index is 1.94. The average molecular weight is 196 g/mol. The van der Waals surface area contributed by atoms with Gasteiger partial charge in [0.1, 0.15) is 0 Å². The van der Waals surface area contributed by atoms with E-state index >= 15 is 0 Å². The maximum absolute atomic E-state index is 5.97. The van der Waals surface area contributed by atoms with Crippen LogP contribution in [0.1, 0.15) is 51.9 Å². The largest absolute Gasteiger partial charge is 0.329 e. The van der Waals surface area contributed by atoms with E-state index in [2.05, 4.69) is 12.2 Å². The van der Waals surface area contributed by atoms with E-state index in [1.54, 1.807) is 0 Å². The molecule has 0 aliphatic heterocycles. The van der Waals surface area contributed by atoms with Crippen LogP contribution >= 0.6 is 0 Å². The molecular formula is C12H24N2. The Hall–Kier alpha value is -0.0800. The molecule has 0 bridgehead atoms. The molecule has 2 atom stereocenters. The second-order valence-corrected chi connectivity index (χ2v) is 5.44. The minimum Gasteiger partial charge on any atom is -0.329 e. The summed E-state index contributed by atoms with van der Waals surface area (Å²) in [5, 5.41) is 3.79. The number of nitrogens with one attached hydrogen (secondary N) is 1. The molecule has 0 spiro atoms. The normalized spacial score (nSPS) is 39.4. The molecule has 2 unspecified atom stereocenters. The zero-order valence-electron chi connectivity index (χ0n) is 9.39. The zero-order chi connectivity index (χ0) is 10.0. The first kappa shape index (κ1) is 10.4.